The lowest BCUT2D eigenvalue weighted by atomic mass is 9.60. The Hall–Kier alpha value is -2.42. The van der Waals surface area contributed by atoms with E-state index in [4.69, 9.17) is 14.6 Å². The fraction of sp³-hybridized carbons (Fsp3) is 0.579. The molecule has 182 valence electrons. The third-order valence-corrected chi connectivity index (χ3v) is 7.42. The Kier molecular flexibility index (Phi) is 5.83. The SMILES string of the molecule is COc1cc2nncc(N3CC4(CC(N(CC(O)C(F)(F)F)S(N)(=O)=O)C4)C3)c2cc1OC. The molecule has 1 aliphatic carbocycles. The van der Waals surface area contributed by atoms with Gasteiger partial charge in [0.1, 0.15) is 0 Å². The molecule has 1 saturated carbocycles. The van der Waals surface area contributed by atoms with Crippen molar-refractivity contribution in [1.82, 2.24) is 14.5 Å². The first-order chi connectivity index (χ1) is 15.4. The van der Waals surface area contributed by atoms with E-state index in [1.807, 2.05) is 4.90 Å². The zero-order chi connectivity index (χ0) is 24.2. The predicted octanol–water partition coefficient (Wildman–Crippen LogP) is 1.04. The molecule has 0 amide bonds. The van der Waals surface area contributed by atoms with E-state index in [0.717, 1.165) is 11.1 Å². The highest BCUT2D eigenvalue weighted by molar-refractivity contribution is 7.86. The normalized spacial score (nSPS) is 19.5. The fourth-order valence-corrected chi connectivity index (χ4v) is 5.61. The Morgan fingerprint density at radius 2 is 1.88 bits per heavy atom. The summed E-state index contributed by atoms with van der Waals surface area (Å²) in [6, 6.07) is 2.82. The summed E-state index contributed by atoms with van der Waals surface area (Å²) in [6.45, 7) is 0.0190. The third-order valence-electron chi connectivity index (χ3n) is 6.32. The number of ether oxygens (including phenoxy) is 2. The standard InChI is InChI=1S/C19H24F3N5O5S/c1-31-15-3-12-13(4-16(15)32-2)25-24-7-14(12)26-9-18(10-26)5-11(6-18)27(33(23,29)30)8-17(28)19(20,21)22/h3-4,7,11,17,28H,5-6,8-10H2,1-2H3,(H2,23,29,30). The number of fused-ring (bicyclic) bond motifs is 1. The van der Waals surface area contributed by atoms with Crippen molar-refractivity contribution in [3.05, 3.63) is 18.3 Å². The molecule has 10 nitrogen and oxygen atoms in total. The van der Waals surface area contributed by atoms with Crippen LogP contribution in [-0.2, 0) is 10.2 Å². The molecule has 1 aromatic carbocycles. The summed E-state index contributed by atoms with van der Waals surface area (Å²) < 4.78 is 73.2. The number of nitrogens with two attached hydrogens (primary N) is 1. The van der Waals surface area contributed by atoms with Crippen LogP contribution < -0.4 is 19.5 Å². The summed E-state index contributed by atoms with van der Waals surface area (Å²) in [5.74, 6) is 1.05. The number of halogens is 3. The molecule has 1 spiro atoms. The number of aromatic nitrogens is 2. The van der Waals surface area contributed by atoms with E-state index in [1.54, 1.807) is 18.3 Å². The van der Waals surface area contributed by atoms with Crippen molar-refractivity contribution in [2.75, 3.05) is 38.8 Å². The number of methoxy groups -OCH3 is 2. The zero-order valence-electron chi connectivity index (χ0n) is 17.9. The minimum absolute atomic E-state index is 0.247. The Morgan fingerprint density at radius 3 is 2.42 bits per heavy atom. The molecule has 1 aromatic heterocycles. The number of hydrogen-bond donors (Lipinski definition) is 2. The van der Waals surface area contributed by atoms with Gasteiger partial charge >= 0.3 is 6.18 Å². The number of hydrogen-bond acceptors (Lipinski definition) is 8. The number of benzene rings is 1. The molecule has 1 saturated heterocycles. The van der Waals surface area contributed by atoms with Crippen LogP contribution in [0.1, 0.15) is 12.8 Å². The molecule has 2 aliphatic rings. The van der Waals surface area contributed by atoms with Crippen molar-refractivity contribution < 1.29 is 36.2 Å². The van der Waals surface area contributed by atoms with Gasteiger partial charge in [0.05, 0.1) is 38.2 Å². The number of aliphatic hydroxyl groups excluding tert-OH is 1. The van der Waals surface area contributed by atoms with Crippen LogP contribution >= 0.6 is 0 Å². The van der Waals surface area contributed by atoms with Crippen molar-refractivity contribution in [2.45, 2.75) is 31.2 Å². The molecule has 0 bridgehead atoms. The summed E-state index contributed by atoms with van der Waals surface area (Å²) in [5, 5.41) is 23.4. The van der Waals surface area contributed by atoms with Crippen molar-refractivity contribution in [3.8, 4) is 11.5 Å². The van der Waals surface area contributed by atoms with E-state index in [-0.39, 0.29) is 5.41 Å². The van der Waals surface area contributed by atoms with Crippen LogP contribution in [0.15, 0.2) is 18.3 Å². The first-order valence-electron chi connectivity index (χ1n) is 10.0. The number of anilines is 1. The molecule has 0 radical (unpaired) electrons. The number of rotatable bonds is 7. The highest BCUT2D eigenvalue weighted by Gasteiger charge is 2.56. The quantitative estimate of drug-likeness (QED) is 0.588. The van der Waals surface area contributed by atoms with E-state index in [9.17, 15) is 26.7 Å². The summed E-state index contributed by atoms with van der Waals surface area (Å²) in [4.78, 5) is 2.05. The number of nitrogens with zero attached hydrogens (tertiary/aromatic N) is 4. The minimum atomic E-state index is -4.93. The highest BCUT2D eigenvalue weighted by atomic mass is 32.2. The van der Waals surface area contributed by atoms with Crippen molar-refractivity contribution >= 4 is 26.8 Å². The number of aliphatic hydroxyl groups is 1. The van der Waals surface area contributed by atoms with E-state index < -0.39 is 35.1 Å². The van der Waals surface area contributed by atoms with Gasteiger partial charge in [-0.1, -0.05) is 0 Å². The van der Waals surface area contributed by atoms with Crippen molar-refractivity contribution in [2.24, 2.45) is 10.6 Å². The first kappa shape index (κ1) is 23.7. The van der Waals surface area contributed by atoms with Gasteiger partial charge < -0.3 is 19.5 Å². The van der Waals surface area contributed by atoms with Crippen molar-refractivity contribution in [3.63, 3.8) is 0 Å². The Labute approximate surface area is 188 Å². The smallest absolute Gasteiger partial charge is 0.415 e. The number of alkyl halides is 3. The summed E-state index contributed by atoms with van der Waals surface area (Å²) in [6.07, 6.45) is -5.42. The molecular formula is C19H24F3N5O5S. The van der Waals surface area contributed by atoms with Gasteiger partial charge in [0.25, 0.3) is 10.2 Å². The van der Waals surface area contributed by atoms with E-state index in [1.165, 1.54) is 14.2 Å². The Balaban J connectivity index is 1.47. The maximum atomic E-state index is 12.7. The Bertz CT molecular complexity index is 1150. The Morgan fingerprint density at radius 1 is 1.27 bits per heavy atom. The van der Waals surface area contributed by atoms with Gasteiger partial charge in [-0.2, -0.15) is 36.1 Å². The van der Waals surface area contributed by atoms with Gasteiger partial charge in [-0.25, -0.2) is 5.14 Å². The van der Waals surface area contributed by atoms with Gasteiger partial charge in [0.15, 0.2) is 17.6 Å². The van der Waals surface area contributed by atoms with Crippen LogP contribution in [0.25, 0.3) is 10.9 Å². The van der Waals surface area contributed by atoms with Crippen LogP contribution in [0.3, 0.4) is 0 Å². The second-order valence-corrected chi connectivity index (χ2v) is 10.0. The van der Waals surface area contributed by atoms with E-state index >= 15 is 0 Å². The molecular weight excluding hydrogens is 467 g/mol. The monoisotopic (exact) mass is 491 g/mol. The lowest BCUT2D eigenvalue weighted by Gasteiger charge is -2.61. The van der Waals surface area contributed by atoms with E-state index in [0.29, 0.717) is 47.3 Å². The summed E-state index contributed by atoms with van der Waals surface area (Å²) >= 11 is 0. The first-order valence-corrected chi connectivity index (χ1v) is 11.5. The zero-order valence-corrected chi connectivity index (χ0v) is 18.7. The maximum Gasteiger partial charge on any atom is 0.415 e. The molecule has 14 heteroatoms. The lowest BCUT2D eigenvalue weighted by Crippen LogP contribution is -2.68. The second-order valence-electron chi connectivity index (χ2n) is 8.54. The lowest BCUT2D eigenvalue weighted by molar-refractivity contribution is -0.207. The summed E-state index contributed by atoms with van der Waals surface area (Å²) in [5.41, 5.74) is 1.17. The van der Waals surface area contributed by atoms with Crippen LogP contribution in [0.5, 0.6) is 11.5 Å². The predicted molar refractivity (Wildman–Crippen MR) is 112 cm³/mol. The molecule has 1 unspecified atom stereocenters. The topological polar surface area (TPSA) is 131 Å². The van der Waals surface area contributed by atoms with Crippen LogP contribution in [0.2, 0.25) is 0 Å². The highest BCUT2D eigenvalue weighted by Crippen LogP contribution is 2.52. The van der Waals surface area contributed by atoms with Gasteiger partial charge in [-0.15, -0.1) is 0 Å². The maximum absolute atomic E-state index is 12.7. The summed E-state index contributed by atoms with van der Waals surface area (Å²) in [7, 11) is -1.36. The molecule has 2 fully saturated rings. The second kappa shape index (κ2) is 8.11. The largest absolute Gasteiger partial charge is 0.493 e. The third kappa shape index (κ3) is 4.39. The average molecular weight is 491 g/mol. The minimum Gasteiger partial charge on any atom is -0.493 e. The van der Waals surface area contributed by atoms with Gasteiger partial charge in [0.2, 0.25) is 0 Å². The van der Waals surface area contributed by atoms with Gasteiger partial charge in [-0.3, -0.25) is 0 Å². The van der Waals surface area contributed by atoms with Gasteiger partial charge in [0, 0.05) is 36.0 Å². The van der Waals surface area contributed by atoms with Gasteiger partial charge in [-0.05, 0) is 18.9 Å². The molecule has 4 rings (SSSR count). The van der Waals surface area contributed by atoms with Crippen molar-refractivity contribution in [1.29, 1.82) is 0 Å². The van der Waals surface area contributed by atoms with Crippen LogP contribution in [0, 0.1) is 5.41 Å². The molecule has 2 heterocycles. The molecule has 1 aliphatic heterocycles. The van der Waals surface area contributed by atoms with E-state index in [2.05, 4.69) is 10.2 Å². The van der Waals surface area contributed by atoms with Crippen LogP contribution in [0.4, 0.5) is 18.9 Å². The molecule has 3 N–H and O–H groups in total. The molecule has 1 atom stereocenters. The fourth-order valence-electron chi connectivity index (χ4n) is 4.69. The van der Waals surface area contributed by atoms with Crippen LogP contribution in [-0.4, -0.2) is 80.2 Å². The average Bonchev–Trinajstić information content (AvgIpc) is 2.68. The molecule has 33 heavy (non-hydrogen) atoms. The molecule has 2 aromatic rings.